The first-order valence-corrected chi connectivity index (χ1v) is 11.8. The predicted octanol–water partition coefficient (Wildman–Crippen LogP) is 2.56. The molecule has 1 fully saturated rings. The van der Waals surface area contributed by atoms with Crippen molar-refractivity contribution in [3.8, 4) is 0 Å². The summed E-state index contributed by atoms with van der Waals surface area (Å²) in [6.45, 7) is 3.63. The summed E-state index contributed by atoms with van der Waals surface area (Å²) in [7, 11) is 0. The predicted molar refractivity (Wildman–Crippen MR) is 130 cm³/mol. The Balaban J connectivity index is 1.65. The van der Waals surface area contributed by atoms with Crippen LogP contribution in [0.3, 0.4) is 0 Å². The molecule has 34 heavy (non-hydrogen) atoms. The van der Waals surface area contributed by atoms with Gasteiger partial charge >= 0.3 is 0 Å². The van der Waals surface area contributed by atoms with Gasteiger partial charge in [-0.15, -0.1) is 0 Å². The van der Waals surface area contributed by atoms with Crippen LogP contribution < -0.4 is 0 Å². The molecule has 184 valence electrons. The summed E-state index contributed by atoms with van der Waals surface area (Å²) in [5, 5.41) is 51.9. The molecular formula is C26H32ClNO6. The smallest absolute Gasteiger partial charge is 0.114 e. The molecule has 8 heteroatoms. The molecule has 1 saturated heterocycles. The van der Waals surface area contributed by atoms with Crippen LogP contribution in [0.25, 0.3) is 10.9 Å². The zero-order chi connectivity index (χ0) is 24.6. The van der Waals surface area contributed by atoms with E-state index in [4.69, 9.17) is 16.3 Å². The van der Waals surface area contributed by atoms with Crippen LogP contribution in [0, 0.1) is 0 Å². The Kier molecular flexibility index (Phi) is 7.36. The van der Waals surface area contributed by atoms with Crippen LogP contribution in [0.1, 0.15) is 43.1 Å². The fraction of sp³-hybridized carbons (Fsp3) is 0.462. The van der Waals surface area contributed by atoms with Gasteiger partial charge < -0.3 is 34.8 Å². The van der Waals surface area contributed by atoms with Crippen LogP contribution >= 0.6 is 11.6 Å². The first-order chi connectivity index (χ1) is 16.1. The van der Waals surface area contributed by atoms with Gasteiger partial charge in [-0.25, -0.2) is 0 Å². The van der Waals surface area contributed by atoms with E-state index in [9.17, 15) is 25.5 Å². The van der Waals surface area contributed by atoms with Gasteiger partial charge in [0.25, 0.3) is 0 Å². The van der Waals surface area contributed by atoms with E-state index in [2.05, 4.69) is 0 Å². The number of hydrogen-bond donors (Lipinski definition) is 5. The Bertz CT molecular complexity index is 1120. The van der Waals surface area contributed by atoms with Gasteiger partial charge in [-0.2, -0.15) is 0 Å². The van der Waals surface area contributed by atoms with Gasteiger partial charge in [0.05, 0.1) is 22.7 Å². The Labute approximate surface area is 203 Å². The van der Waals surface area contributed by atoms with Crippen LogP contribution in [0.2, 0.25) is 5.02 Å². The van der Waals surface area contributed by atoms with E-state index in [1.54, 1.807) is 26.0 Å². The van der Waals surface area contributed by atoms with E-state index in [-0.39, 0.29) is 0 Å². The van der Waals surface area contributed by atoms with Gasteiger partial charge in [-0.05, 0) is 43.9 Å². The maximum absolute atomic E-state index is 10.7. The number of hydrogen-bond acceptors (Lipinski definition) is 6. The highest BCUT2D eigenvalue weighted by atomic mass is 35.5. The van der Waals surface area contributed by atoms with Crippen LogP contribution in [0.4, 0.5) is 0 Å². The molecule has 0 saturated carbocycles. The average molecular weight is 490 g/mol. The first kappa shape index (κ1) is 25.1. The molecule has 2 aromatic carbocycles. The molecule has 0 bridgehead atoms. The van der Waals surface area contributed by atoms with Gasteiger partial charge in [0.2, 0.25) is 0 Å². The number of fused-ring (bicyclic) bond motifs is 1. The Morgan fingerprint density at radius 1 is 0.971 bits per heavy atom. The number of aliphatic hydroxyl groups is 5. The molecule has 0 amide bonds. The van der Waals surface area contributed by atoms with E-state index >= 15 is 0 Å². The lowest BCUT2D eigenvalue weighted by Crippen LogP contribution is -2.55. The second kappa shape index (κ2) is 9.95. The molecular weight excluding hydrogens is 458 g/mol. The van der Waals surface area contributed by atoms with Crippen LogP contribution in [0.5, 0.6) is 0 Å². The molecule has 5 N–H and O–H groups in total. The number of ether oxygens (including phenoxy) is 1. The monoisotopic (exact) mass is 489 g/mol. The minimum absolute atomic E-state index is 0.485. The lowest BCUT2D eigenvalue weighted by atomic mass is 9.91. The van der Waals surface area contributed by atoms with Gasteiger partial charge in [-0.3, -0.25) is 0 Å². The van der Waals surface area contributed by atoms with Crippen LogP contribution in [-0.2, 0) is 17.7 Å². The van der Waals surface area contributed by atoms with Crippen LogP contribution in [0.15, 0.2) is 48.7 Å². The summed E-state index contributed by atoms with van der Waals surface area (Å²) in [4.78, 5) is 0. The molecule has 3 aromatic rings. The third-order valence-corrected chi connectivity index (χ3v) is 6.79. The summed E-state index contributed by atoms with van der Waals surface area (Å²) in [6, 6.07) is 13.6. The number of nitrogens with zero attached hydrogens (tertiary/aromatic N) is 1. The van der Waals surface area contributed by atoms with Crippen molar-refractivity contribution in [1.29, 1.82) is 0 Å². The second-order valence-electron chi connectivity index (χ2n) is 9.73. The van der Waals surface area contributed by atoms with Gasteiger partial charge in [0, 0.05) is 23.7 Å². The van der Waals surface area contributed by atoms with Crippen molar-refractivity contribution >= 4 is 22.5 Å². The molecule has 0 spiro atoms. The zero-order valence-corrected chi connectivity index (χ0v) is 20.1. The SMILES string of the molecule is CC(C)(O)CCc1ccc(Cn2cc([C@@H]3O[C@H](CO)[C@@H](O)[C@H](O)[C@H]3O)c3cccc(Cl)c32)cc1. The van der Waals surface area contributed by atoms with E-state index in [0.29, 0.717) is 23.6 Å². The number of benzene rings is 2. The molecule has 1 aromatic heterocycles. The van der Waals surface area contributed by atoms with Gasteiger partial charge in [0.1, 0.15) is 30.5 Å². The van der Waals surface area contributed by atoms with Crippen molar-refractivity contribution in [2.45, 2.75) is 69.4 Å². The average Bonchev–Trinajstić information content (AvgIpc) is 3.16. The standard InChI is InChI=1S/C26H32ClNO6/c1-26(2,33)11-10-15-6-8-16(9-7-15)12-28-13-18(17-4-3-5-19(27)21(17)28)25-24(32)23(31)22(30)20(14-29)34-25/h3-9,13,20,22-25,29-33H,10-12,14H2,1-2H3/t20-,22-,23+,24-,25+/m1/s1. The molecule has 5 atom stereocenters. The first-order valence-electron chi connectivity index (χ1n) is 11.5. The Morgan fingerprint density at radius 3 is 2.29 bits per heavy atom. The Morgan fingerprint density at radius 2 is 1.65 bits per heavy atom. The highest BCUT2D eigenvalue weighted by Crippen LogP contribution is 2.39. The maximum atomic E-state index is 10.7. The lowest BCUT2D eigenvalue weighted by molar-refractivity contribution is -0.231. The molecule has 0 radical (unpaired) electrons. The lowest BCUT2D eigenvalue weighted by Gasteiger charge is -2.40. The summed E-state index contributed by atoms with van der Waals surface area (Å²) in [5.74, 6) is 0. The van der Waals surface area contributed by atoms with E-state index in [1.807, 2.05) is 41.1 Å². The fourth-order valence-corrected chi connectivity index (χ4v) is 4.79. The molecule has 7 nitrogen and oxygen atoms in total. The summed E-state index contributed by atoms with van der Waals surface area (Å²) in [6.07, 6.45) is -2.88. The maximum Gasteiger partial charge on any atom is 0.114 e. The van der Waals surface area contributed by atoms with E-state index in [1.165, 1.54) is 0 Å². The third kappa shape index (κ3) is 5.16. The molecule has 1 aliphatic rings. The molecule has 4 rings (SSSR count). The number of para-hydroxylation sites is 1. The largest absolute Gasteiger partial charge is 0.394 e. The number of aliphatic hydroxyl groups excluding tert-OH is 4. The second-order valence-corrected chi connectivity index (χ2v) is 10.1. The highest BCUT2D eigenvalue weighted by molar-refractivity contribution is 6.35. The molecule has 0 unspecified atom stereocenters. The van der Waals surface area contributed by atoms with Gasteiger partial charge in [0.15, 0.2) is 0 Å². The topological polar surface area (TPSA) is 115 Å². The minimum Gasteiger partial charge on any atom is -0.394 e. The fourth-order valence-electron chi connectivity index (χ4n) is 4.51. The number of aryl methyl sites for hydroxylation is 1. The minimum atomic E-state index is -1.45. The van der Waals surface area contributed by atoms with E-state index in [0.717, 1.165) is 28.5 Å². The van der Waals surface area contributed by atoms with Crippen LogP contribution in [-0.4, -0.2) is 66.7 Å². The van der Waals surface area contributed by atoms with Crippen molar-refractivity contribution < 1.29 is 30.3 Å². The summed E-state index contributed by atoms with van der Waals surface area (Å²) in [5.41, 5.74) is 2.87. The number of halogens is 1. The summed E-state index contributed by atoms with van der Waals surface area (Å²) < 4.78 is 7.78. The summed E-state index contributed by atoms with van der Waals surface area (Å²) >= 11 is 6.56. The van der Waals surface area contributed by atoms with Crippen molar-refractivity contribution in [3.63, 3.8) is 0 Å². The highest BCUT2D eigenvalue weighted by Gasteiger charge is 2.44. The van der Waals surface area contributed by atoms with Crippen molar-refractivity contribution in [3.05, 3.63) is 70.4 Å². The zero-order valence-electron chi connectivity index (χ0n) is 19.3. The normalized spacial score (nSPS) is 25.7. The number of rotatable bonds is 7. The van der Waals surface area contributed by atoms with Gasteiger partial charge in [-0.1, -0.05) is 48.0 Å². The van der Waals surface area contributed by atoms with Crippen molar-refractivity contribution in [2.75, 3.05) is 6.61 Å². The molecule has 1 aliphatic heterocycles. The quantitative estimate of drug-likeness (QED) is 0.348. The molecule has 0 aliphatic carbocycles. The Hall–Kier alpha value is -1.97. The van der Waals surface area contributed by atoms with Crippen molar-refractivity contribution in [2.24, 2.45) is 0 Å². The van der Waals surface area contributed by atoms with Crippen molar-refractivity contribution in [1.82, 2.24) is 4.57 Å². The third-order valence-electron chi connectivity index (χ3n) is 6.48. The molecule has 2 heterocycles. The number of aromatic nitrogens is 1. The van der Waals surface area contributed by atoms with E-state index < -0.39 is 42.7 Å².